The average Bonchev–Trinajstić information content (AvgIpc) is 2.30. The zero-order valence-corrected chi connectivity index (χ0v) is 9.85. The average molecular weight is 225 g/mol. The fourth-order valence-corrected chi connectivity index (χ4v) is 1.45. The summed E-state index contributed by atoms with van der Waals surface area (Å²) in [5.74, 6) is 0.700. The third-order valence-corrected chi connectivity index (χ3v) is 2.26. The Morgan fingerprint density at radius 3 is 2.94 bits per heavy atom. The lowest BCUT2D eigenvalue weighted by molar-refractivity contribution is 0.135. The monoisotopic (exact) mass is 225 g/mol. The molecule has 0 aliphatic heterocycles. The van der Waals surface area contributed by atoms with E-state index in [1.807, 2.05) is 13.0 Å². The molecule has 1 atom stereocenters. The Hall–Kier alpha value is -1.13. The fourth-order valence-electron chi connectivity index (χ4n) is 1.45. The second kappa shape index (κ2) is 7.19. The number of hydrogen-bond donors (Lipinski definition) is 1. The summed E-state index contributed by atoms with van der Waals surface area (Å²) in [7, 11) is 1.66. The van der Waals surface area contributed by atoms with Crippen LogP contribution >= 0.6 is 0 Å². The Kier molecular flexibility index (Phi) is 5.82. The molecule has 90 valence electrons. The van der Waals surface area contributed by atoms with Gasteiger partial charge >= 0.3 is 0 Å². The van der Waals surface area contributed by atoms with E-state index < -0.39 is 6.10 Å². The number of rotatable bonds is 7. The molecule has 16 heavy (non-hydrogen) atoms. The van der Waals surface area contributed by atoms with Crippen molar-refractivity contribution in [2.24, 2.45) is 0 Å². The third kappa shape index (κ3) is 4.16. The molecular weight excluding hydrogens is 206 g/mol. The second-order valence-corrected chi connectivity index (χ2v) is 3.54. The molecule has 0 aliphatic carbocycles. The molecule has 1 heterocycles. The largest absolute Gasteiger partial charge is 0.492 e. The van der Waals surface area contributed by atoms with Gasteiger partial charge in [-0.25, -0.2) is 0 Å². The molecule has 1 rings (SSSR count). The molecule has 1 unspecified atom stereocenters. The zero-order chi connectivity index (χ0) is 11.8. The third-order valence-electron chi connectivity index (χ3n) is 2.26. The number of nitrogens with zero attached hydrogens (tertiary/aromatic N) is 1. The molecule has 0 radical (unpaired) electrons. The van der Waals surface area contributed by atoms with E-state index in [2.05, 4.69) is 4.98 Å². The van der Waals surface area contributed by atoms with Crippen molar-refractivity contribution < 1.29 is 14.6 Å². The van der Waals surface area contributed by atoms with Crippen LogP contribution in [-0.2, 0) is 4.74 Å². The molecule has 0 bridgehead atoms. The number of aliphatic hydroxyl groups is 1. The lowest BCUT2D eigenvalue weighted by Crippen LogP contribution is -2.01. The van der Waals surface area contributed by atoms with Crippen LogP contribution in [0.2, 0.25) is 0 Å². The van der Waals surface area contributed by atoms with Crippen LogP contribution in [0.1, 0.15) is 31.4 Å². The molecule has 1 N–H and O–H groups in total. The minimum absolute atomic E-state index is 0.497. The van der Waals surface area contributed by atoms with Crippen LogP contribution in [0.25, 0.3) is 0 Å². The van der Waals surface area contributed by atoms with Gasteiger partial charge in [0.15, 0.2) is 0 Å². The van der Waals surface area contributed by atoms with Crippen LogP contribution in [0.15, 0.2) is 18.5 Å². The molecule has 0 aromatic carbocycles. The van der Waals surface area contributed by atoms with Gasteiger partial charge in [0.25, 0.3) is 0 Å². The van der Waals surface area contributed by atoms with E-state index in [9.17, 15) is 5.11 Å². The summed E-state index contributed by atoms with van der Waals surface area (Å²) in [4.78, 5) is 4.04. The lowest BCUT2D eigenvalue weighted by atomic mass is 10.1. The quantitative estimate of drug-likeness (QED) is 0.720. The molecule has 0 saturated carbocycles. The summed E-state index contributed by atoms with van der Waals surface area (Å²) >= 11 is 0. The molecule has 1 aromatic heterocycles. The highest BCUT2D eigenvalue weighted by molar-refractivity contribution is 5.25. The number of methoxy groups -OCH3 is 1. The molecule has 0 amide bonds. The molecule has 0 fully saturated rings. The lowest BCUT2D eigenvalue weighted by Gasteiger charge is -2.11. The van der Waals surface area contributed by atoms with Gasteiger partial charge in [-0.3, -0.25) is 4.98 Å². The summed E-state index contributed by atoms with van der Waals surface area (Å²) in [5, 5.41) is 9.89. The van der Waals surface area contributed by atoms with Crippen molar-refractivity contribution >= 4 is 0 Å². The Morgan fingerprint density at radius 2 is 2.25 bits per heavy atom. The minimum Gasteiger partial charge on any atom is -0.492 e. The van der Waals surface area contributed by atoms with E-state index in [0.29, 0.717) is 25.4 Å². The van der Waals surface area contributed by atoms with E-state index in [-0.39, 0.29) is 0 Å². The molecule has 0 saturated heterocycles. The maximum absolute atomic E-state index is 9.89. The molecule has 0 aliphatic rings. The van der Waals surface area contributed by atoms with Crippen LogP contribution in [0.3, 0.4) is 0 Å². The number of aromatic nitrogens is 1. The summed E-state index contributed by atoms with van der Waals surface area (Å²) in [5.41, 5.74) is 0.794. The predicted octanol–water partition coefficient (Wildman–Crippen LogP) is 1.94. The van der Waals surface area contributed by atoms with Crippen molar-refractivity contribution in [2.75, 3.05) is 20.3 Å². The van der Waals surface area contributed by atoms with Crippen molar-refractivity contribution in [2.45, 2.75) is 25.9 Å². The summed E-state index contributed by atoms with van der Waals surface area (Å²) in [6, 6.07) is 1.83. The highest BCUT2D eigenvalue weighted by atomic mass is 16.5. The van der Waals surface area contributed by atoms with Gasteiger partial charge in [0.1, 0.15) is 5.75 Å². The van der Waals surface area contributed by atoms with Gasteiger partial charge in [-0.05, 0) is 25.8 Å². The fraction of sp³-hybridized carbons (Fsp3) is 0.583. The van der Waals surface area contributed by atoms with Crippen LogP contribution in [0.5, 0.6) is 5.75 Å². The van der Waals surface area contributed by atoms with Crippen molar-refractivity contribution in [1.82, 2.24) is 4.98 Å². The molecule has 4 heteroatoms. The topological polar surface area (TPSA) is 51.6 Å². The number of ether oxygens (including phenoxy) is 2. The van der Waals surface area contributed by atoms with Crippen molar-refractivity contribution in [1.29, 1.82) is 0 Å². The summed E-state index contributed by atoms with van der Waals surface area (Å²) in [6.07, 6.45) is 4.32. The van der Waals surface area contributed by atoms with Gasteiger partial charge in [-0.15, -0.1) is 0 Å². The predicted molar refractivity (Wildman–Crippen MR) is 61.5 cm³/mol. The minimum atomic E-state index is -0.497. The Balaban J connectivity index is 2.53. The Bertz CT molecular complexity index is 304. The molecular formula is C12H19NO3. The Morgan fingerprint density at radius 1 is 1.44 bits per heavy atom. The van der Waals surface area contributed by atoms with Gasteiger partial charge in [0.05, 0.1) is 18.9 Å². The van der Waals surface area contributed by atoms with Gasteiger partial charge in [0, 0.05) is 25.5 Å². The first-order chi connectivity index (χ1) is 7.77. The molecule has 0 spiro atoms. The SMILES string of the molecule is CCOc1cncc(C(O)CCCOC)c1. The first kappa shape index (κ1) is 12.9. The highest BCUT2D eigenvalue weighted by Crippen LogP contribution is 2.21. The van der Waals surface area contributed by atoms with E-state index in [4.69, 9.17) is 9.47 Å². The van der Waals surface area contributed by atoms with Gasteiger partial charge in [0.2, 0.25) is 0 Å². The van der Waals surface area contributed by atoms with Crippen molar-refractivity contribution in [3.63, 3.8) is 0 Å². The standard InChI is InChI=1S/C12H19NO3/c1-3-16-11-7-10(8-13-9-11)12(14)5-4-6-15-2/h7-9,12,14H,3-6H2,1-2H3. The molecule has 4 nitrogen and oxygen atoms in total. The van der Waals surface area contributed by atoms with E-state index in [1.54, 1.807) is 19.5 Å². The van der Waals surface area contributed by atoms with Crippen LogP contribution < -0.4 is 4.74 Å². The van der Waals surface area contributed by atoms with Gasteiger partial charge < -0.3 is 14.6 Å². The number of aliphatic hydroxyl groups excluding tert-OH is 1. The van der Waals surface area contributed by atoms with Gasteiger partial charge in [-0.2, -0.15) is 0 Å². The highest BCUT2D eigenvalue weighted by Gasteiger charge is 2.08. The number of pyridine rings is 1. The van der Waals surface area contributed by atoms with E-state index >= 15 is 0 Å². The van der Waals surface area contributed by atoms with Crippen LogP contribution in [-0.4, -0.2) is 30.4 Å². The van der Waals surface area contributed by atoms with Crippen molar-refractivity contribution in [3.05, 3.63) is 24.0 Å². The Labute approximate surface area is 96.2 Å². The van der Waals surface area contributed by atoms with Crippen LogP contribution in [0, 0.1) is 0 Å². The van der Waals surface area contributed by atoms with Crippen LogP contribution in [0.4, 0.5) is 0 Å². The normalized spacial score (nSPS) is 12.4. The smallest absolute Gasteiger partial charge is 0.137 e. The summed E-state index contributed by atoms with van der Waals surface area (Å²) in [6.45, 7) is 3.18. The van der Waals surface area contributed by atoms with Crippen molar-refractivity contribution in [3.8, 4) is 5.75 Å². The van der Waals surface area contributed by atoms with Gasteiger partial charge in [-0.1, -0.05) is 0 Å². The maximum Gasteiger partial charge on any atom is 0.137 e. The number of hydrogen-bond acceptors (Lipinski definition) is 4. The van der Waals surface area contributed by atoms with E-state index in [0.717, 1.165) is 12.0 Å². The first-order valence-electron chi connectivity index (χ1n) is 5.52. The van der Waals surface area contributed by atoms with E-state index in [1.165, 1.54) is 0 Å². The first-order valence-corrected chi connectivity index (χ1v) is 5.52. The second-order valence-electron chi connectivity index (χ2n) is 3.54. The molecule has 1 aromatic rings. The summed E-state index contributed by atoms with van der Waals surface area (Å²) < 4.78 is 10.3. The maximum atomic E-state index is 9.89. The zero-order valence-electron chi connectivity index (χ0n) is 9.85.